The molecule has 0 saturated heterocycles. The molecule has 0 amide bonds. The second-order valence-corrected chi connectivity index (χ2v) is 3.47. The summed E-state index contributed by atoms with van der Waals surface area (Å²) in [6.07, 6.45) is 0. The Hall–Kier alpha value is -2.75. The van der Waals surface area contributed by atoms with Crippen molar-refractivity contribution in [1.29, 1.82) is 5.26 Å². The van der Waals surface area contributed by atoms with Crippen molar-refractivity contribution in [3.8, 4) is 17.8 Å². The van der Waals surface area contributed by atoms with Crippen LogP contribution in [0.4, 0.5) is 11.6 Å². The Morgan fingerprint density at radius 3 is 2.39 bits per heavy atom. The Bertz CT molecular complexity index is 655. The predicted octanol–water partition coefficient (Wildman–Crippen LogP) is 0.683. The van der Waals surface area contributed by atoms with Gasteiger partial charge in [0.25, 0.3) is 0 Å². The summed E-state index contributed by atoms with van der Waals surface area (Å²) in [4.78, 5) is 7.98. The first-order valence-electron chi connectivity index (χ1n) is 5.00. The molecule has 4 N–H and O–H groups in total. The van der Waals surface area contributed by atoms with Crippen LogP contribution in [-0.2, 0) is 0 Å². The number of methoxy groups -OCH3 is 2. The Labute approximate surface area is 103 Å². The second-order valence-electron chi connectivity index (χ2n) is 3.47. The van der Waals surface area contributed by atoms with Crippen molar-refractivity contribution in [3.05, 3.63) is 11.6 Å². The molecule has 92 valence electrons. The molecule has 2 aromatic rings. The number of fused-ring (bicyclic) bond motifs is 1. The molecule has 0 radical (unpaired) electrons. The third-order valence-electron chi connectivity index (χ3n) is 2.50. The van der Waals surface area contributed by atoms with Crippen LogP contribution >= 0.6 is 0 Å². The summed E-state index contributed by atoms with van der Waals surface area (Å²) >= 11 is 0. The van der Waals surface area contributed by atoms with Crippen LogP contribution in [0.1, 0.15) is 5.56 Å². The van der Waals surface area contributed by atoms with Gasteiger partial charge in [-0.05, 0) is 0 Å². The molecule has 0 saturated carbocycles. The lowest BCUT2D eigenvalue weighted by molar-refractivity contribution is 0.396. The lowest BCUT2D eigenvalue weighted by atomic mass is 10.1. The summed E-state index contributed by atoms with van der Waals surface area (Å²) in [6.45, 7) is 0. The normalized spacial score (nSPS) is 10.1. The van der Waals surface area contributed by atoms with Gasteiger partial charge in [-0.25, -0.2) is 0 Å². The van der Waals surface area contributed by atoms with Crippen LogP contribution in [0.25, 0.3) is 10.8 Å². The molecular formula is C11H11N5O2. The molecule has 7 heteroatoms. The molecule has 7 nitrogen and oxygen atoms in total. The number of hydrogen-bond acceptors (Lipinski definition) is 7. The average Bonchev–Trinajstić information content (AvgIpc) is 2.37. The Morgan fingerprint density at radius 2 is 1.83 bits per heavy atom. The van der Waals surface area contributed by atoms with Gasteiger partial charge in [-0.2, -0.15) is 15.2 Å². The van der Waals surface area contributed by atoms with E-state index in [9.17, 15) is 5.26 Å². The smallest absolute Gasteiger partial charge is 0.234 e. The highest BCUT2D eigenvalue weighted by molar-refractivity contribution is 6.03. The van der Waals surface area contributed by atoms with Crippen molar-refractivity contribution in [1.82, 2.24) is 9.97 Å². The first-order chi connectivity index (χ1) is 8.62. The minimum absolute atomic E-state index is 0.148. The van der Waals surface area contributed by atoms with E-state index in [0.29, 0.717) is 16.7 Å². The summed E-state index contributed by atoms with van der Waals surface area (Å²) < 4.78 is 10.0. The zero-order chi connectivity index (χ0) is 13.3. The maximum Gasteiger partial charge on any atom is 0.234 e. The molecule has 0 aliphatic rings. The van der Waals surface area contributed by atoms with E-state index in [1.165, 1.54) is 14.2 Å². The van der Waals surface area contributed by atoms with Gasteiger partial charge in [-0.15, -0.1) is 0 Å². The molecule has 0 atom stereocenters. The van der Waals surface area contributed by atoms with Crippen LogP contribution < -0.4 is 20.9 Å². The Morgan fingerprint density at radius 1 is 1.17 bits per heavy atom. The van der Waals surface area contributed by atoms with Gasteiger partial charge < -0.3 is 20.9 Å². The standard InChI is InChI=1S/C11H11N5O2/c1-17-7-3-5-6(4-12)11(18-2)16-10(14)8(5)9(13)15-7/h3H,1-2H3,(H2,13,15)(H2,14,16). The van der Waals surface area contributed by atoms with E-state index in [1.54, 1.807) is 6.07 Å². The number of hydrogen-bond donors (Lipinski definition) is 2. The number of nitrogen functional groups attached to an aromatic ring is 2. The van der Waals surface area contributed by atoms with Crippen molar-refractivity contribution in [2.75, 3.05) is 25.7 Å². The molecule has 2 heterocycles. The maximum absolute atomic E-state index is 9.18. The fraction of sp³-hybridized carbons (Fsp3) is 0.182. The largest absolute Gasteiger partial charge is 0.481 e. The van der Waals surface area contributed by atoms with Crippen molar-refractivity contribution < 1.29 is 9.47 Å². The van der Waals surface area contributed by atoms with Gasteiger partial charge in [-0.1, -0.05) is 0 Å². The quantitative estimate of drug-likeness (QED) is 0.798. The van der Waals surface area contributed by atoms with Crippen LogP contribution in [0.5, 0.6) is 11.8 Å². The monoisotopic (exact) mass is 245 g/mol. The molecule has 0 spiro atoms. The van der Waals surface area contributed by atoms with E-state index in [4.69, 9.17) is 20.9 Å². The molecule has 2 rings (SSSR count). The highest BCUT2D eigenvalue weighted by atomic mass is 16.5. The average molecular weight is 245 g/mol. The van der Waals surface area contributed by atoms with Crippen LogP contribution in [0, 0.1) is 11.3 Å². The number of rotatable bonds is 2. The molecule has 0 bridgehead atoms. The van der Waals surface area contributed by atoms with Crippen LogP contribution in [-0.4, -0.2) is 24.2 Å². The fourth-order valence-corrected chi connectivity index (χ4v) is 1.70. The minimum atomic E-state index is 0.148. The van der Waals surface area contributed by atoms with Gasteiger partial charge in [0.1, 0.15) is 23.3 Å². The summed E-state index contributed by atoms with van der Waals surface area (Å²) in [5.41, 5.74) is 11.8. The number of anilines is 2. The van der Waals surface area contributed by atoms with E-state index >= 15 is 0 Å². The first-order valence-corrected chi connectivity index (χ1v) is 5.00. The van der Waals surface area contributed by atoms with Crippen LogP contribution in [0.3, 0.4) is 0 Å². The van der Waals surface area contributed by atoms with Crippen molar-refractivity contribution in [3.63, 3.8) is 0 Å². The third kappa shape index (κ3) is 1.60. The molecule has 0 aromatic carbocycles. The summed E-state index contributed by atoms with van der Waals surface area (Å²) in [5, 5.41) is 10.1. The summed E-state index contributed by atoms with van der Waals surface area (Å²) in [7, 11) is 2.87. The van der Waals surface area contributed by atoms with Crippen molar-refractivity contribution in [2.45, 2.75) is 0 Å². The highest BCUT2D eigenvalue weighted by Crippen LogP contribution is 2.34. The van der Waals surface area contributed by atoms with Gasteiger partial charge in [0, 0.05) is 11.5 Å². The minimum Gasteiger partial charge on any atom is -0.481 e. The topological polar surface area (TPSA) is 120 Å². The third-order valence-corrected chi connectivity index (χ3v) is 2.50. The van der Waals surface area contributed by atoms with E-state index in [-0.39, 0.29) is 23.1 Å². The number of aromatic nitrogens is 2. The number of pyridine rings is 2. The molecule has 0 unspecified atom stereocenters. The van der Waals surface area contributed by atoms with E-state index < -0.39 is 0 Å². The number of nitriles is 1. The maximum atomic E-state index is 9.18. The highest BCUT2D eigenvalue weighted by Gasteiger charge is 2.17. The predicted molar refractivity (Wildman–Crippen MR) is 66.2 cm³/mol. The number of nitrogens with two attached hydrogens (primary N) is 2. The Balaban J connectivity index is 2.97. The summed E-state index contributed by atoms with van der Waals surface area (Å²) in [5.74, 6) is 0.765. The molecule has 18 heavy (non-hydrogen) atoms. The summed E-state index contributed by atoms with van der Waals surface area (Å²) in [6, 6.07) is 3.59. The molecular weight excluding hydrogens is 234 g/mol. The van der Waals surface area contributed by atoms with Gasteiger partial charge in [0.2, 0.25) is 11.8 Å². The number of ether oxygens (including phenoxy) is 2. The number of nitrogens with zero attached hydrogens (tertiary/aromatic N) is 3. The van der Waals surface area contributed by atoms with Gasteiger partial charge in [0.05, 0.1) is 19.6 Å². The van der Waals surface area contributed by atoms with Gasteiger partial charge >= 0.3 is 0 Å². The second kappa shape index (κ2) is 4.25. The first kappa shape index (κ1) is 11.7. The lowest BCUT2D eigenvalue weighted by Crippen LogP contribution is -2.03. The fourth-order valence-electron chi connectivity index (χ4n) is 1.70. The lowest BCUT2D eigenvalue weighted by Gasteiger charge is -2.10. The van der Waals surface area contributed by atoms with Gasteiger partial charge in [0.15, 0.2) is 0 Å². The zero-order valence-corrected chi connectivity index (χ0v) is 9.89. The van der Waals surface area contributed by atoms with Crippen LogP contribution in [0.2, 0.25) is 0 Å². The molecule has 2 aromatic heterocycles. The van der Waals surface area contributed by atoms with Gasteiger partial charge in [-0.3, -0.25) is 0 Å². The molecule has 0 fully saturated rings. The molecule has 0 aliphatic carbocycles. The van der Waals surface area contributed by atoms with Crippen molar-refractivity contribution in [2.24, 2.45) is 0 Å². The van der Waals surface area contributed by atoms with E-state index in [1.807, 2.05) is 6.07 Å². The van der Waals surface area contributed by atoms with Crippen LogP contribution in [0.15, 0.2) is 6.07 Å². The van der Waals surface area contributed by atoms with Crippen molar-refractivity contribution >= 4 is 22.4 Å². The zero-order valence-electron chi connectivity index (χ0n) is 9.89. The SMILES string of the molecule is COc1cc2c(C#N)c(OC)nc(N)c2c(N)n1. The van der Waals surface area contributed by atoms with E-state index in [0.717, 1.165) is 0 Å². The Kier molecular flexibility index (Phi) is 2.77. The van der Waals surface area contributed by atoms with E-state index in [2.05, 4.69) is 9.97 Å². The molecule has 0 aliphatic heterocycles.